The van der Waals surface area contributed by atoms with Crippen LogP contribution < -0.4 is 11.1 Å². The molecule has 5 heteroatoms. The van der Waals surface area contributed by atoms with Crippen LogP contribution in [0, 0.1) is 0 Å². The smallest absolute Gasteiger partial charge is 0.226 e. The molecule has 0 radical (unpaired) electrons. The minimum absolute atomic E-state index is 0.0258. The van der Waals surface area contributed by atoms with E-state index in [2.05, 4.69) is 22.4 Å². The van der Waals surface area contributed by atoms with Crippen LogP contribution in [0.3, 0.4) is 0 Å². The first-order chi connectivity index (χ1) is 10.1. The second kappa shape index (κ2) is 7.13. The quantitative estimate of drug-likeness (QED) is 0.833. The number of pyridine rings is 1. The van der Waals surface area contributed by atoms with E-state index in [9.17, 15) is 4.79 Å². The van der Waals surface area contributed by atoms with E-state index in [1.54, 1.807) is 30.1 Å². The highest BCUT2D eigenvalue weighted by atomic mass is 32.2. The zero-order valence-corrected chi connectivity index (χ0v) is 13.0. The molecule has 3 N–H and O–H groups in total. The average Bonchev–Trinajstić information content (AvgIpc) is 2.49. The third-order valence-electron chi connectivity index (χ3n) is 3.18. The number of rotatable bonds is 5. The lowest BCUT2D eigenvalue weighted by molar-refractivity contribution is -0.121. The van der Waals surface area contributed by atoms with Crippen molar-refractivity contribution in [1.29, 1.82) is 0 Å². The van der Waals surface area contributed by atoms with Crippen LogP contribution in [0.15, 0.2) is 47.5 Å². The van der Waals surface area contributed by atoms with Gasteiger partial charge >= 0.3 is 0 Å². The molecule has 21 heavy (non-hydrogen) atoms. The van der Waals surface area contributed by atoms with E-state index in [1.807, 2.05) is 25.3 Å². The number of hydrogen-bond acceptors (Lipinski definition) is 4. The molecule has 1 unspecified atom stereocenters. The molecule has 0 aliphatic rings. The number of nitrogens with one attached hydrogen (secondary N) is 1. The summed E-state index contributed by atoms with van der Waals surface area (Å²) in [7, 11) is 0. The van der Waals surface area contributed by atoms with Gasteiger partial charge in [-0.1, -0.05) is 12.1 Å². The summed E-state index contributed by atoms with van der Waals surface area (Å²) in [5, 5.41) is 2.98. The predicted octanol–water partition coefficient (Wildman–Crippen LogP) is 2.81. The minimum atomic E-state index is -0.0475. The Balaban J connectivity index is 1.93. The number of nitrogens with zero attached hydrogens (tertiary/aromatic N) is 1. The zero-order valence-electron chi connectivity index (χ0n) is 12.2. The van der Waals surface area contributed by atoms with Crippen LogP contribution in [0.25, 0.3) is 0 Å². The number of amides is 1. The van der Waals surface area contributed by atoms with Crippen molar-refractivity contribution < 1.29 is 4.79 Å². The van der Waals surface area contributed by atoms with Crippen molar-refractivity contribution in [2.45, 2.75) is 24.3 Å². The van der Waals surface area contributed by atoms with Crippen molar-refractivity contribution in [2.24, 2.45) is 0 Å². The largest absolute Gasteiger partial charge is 0.397 e. The van der Waals surface area contributed by atoms with Gasteiger partial charge in [0.15, 0.2) is 0 Å². The number of nitrogen functional groups attached to an aromatic ring is 1. The summed E-state index contributed by atoms with van der Waals surface area (Å²) in [4.78, 5) is 17.4. The molecule has 1 atom stereocenters. The number of nitrogens with two attached hydrogens (primary N) is 1. The lowest BCUT2D eigenvalue weighted by Crippen LogP contribution is -2.28. The number of anilines is 1. The Morgan fingerprint density at radius 2 is 2.00 bits per heavy atom. The number of thioether (sulfide) groups is 1. The second-order valence-corrected chi connectivity index (χ2v) is 5.70. The standard InChI is InChI=1S/C16H19N3OS/c1-11(12-3-7-15(21-2)8-4-12)19-16(20)9-14-6-5-13(17)10-18-14/h3-8,10-11H,9,17H2,1-2H3,(H,19,20). The summed E-state index contributed by atoms with van der Waals surface area (Å²) in [6.45, 7) is 1.97. The van der Waals surface area contributed by atoms with E-state index >= 15 is 0 Å². The highest BCUT2D eigenvalue weighted by Gasteiger charge is 2.10. The van der Waals surface area contributed by atoms with Crippen molar-refractivity contribution in [2.75, 3.05) is 12.0 Å². The van der Waals surface area contributed by atoms with E-state index in [-0.39, 0.29) is 18.4 Å². The van der Waals surface area contributed by atoms with Crippen LogP contribution >= 0.6 is 11.8 Å². The molecule has 0 bridgehead atoms. The lowest BCUT2D eigenvalue weighted by atomic mass is 10.1. The summed E-state index contributed by atoms with van der Waals surface area (Å²) in [5.41, 5.74) is 7.98. The summed E-state index contributed by atoms with van der Waals surface area (Å²) in [5.74, 6) is -0.0475. The Bertz CT molecular complexity index is 596. The molecule has 1 heterocycles. The van der Waals surface area contributed by atoms with Gasteiger partial charge in [-0.3, -0.25) is 9.78 Å². The van der Waals surface area contributed by atoms with Crippen LogP contribution in [-0.2, 0) is 11.2 Å². The SMILES string of the molecule is CSc1ccc(C(C)NC(=O)Cc2ccc(N)cn2)cc1. The fraction of sp³-hybridized carbons (Fsp3) is 0.250. The highest BCUT2D eigenvalue weighted by Crippen LogP contribution is 2.18. The van der Waals surface area contributed by atoms with E-state index in [0.717, 1.165) is 5.56 Å². The third-order valence-corrected chi connectivity index (χ3v) is 3.93. The maximum absolute atomic E-state index is 12.0. The maximum atomic E-state index is 12.0. The zero-order chi connectivity index (χ0) is 15.2. The first-order valence-electron chi connectivity index (χ1n) is 6.72. The van der Waals surface area contributed by atoms with E-state index in [1.165, 1.54) is 4.90 Å². The second-order valence-electron chi connectivity index (χ2n) is 4.82. The van der Waals surface area contributed by atoms with Gasteiger partial charge < -0.3 is 11.1 Å². The van der Waals surface area contributed by atoms with Crippen molar-refractivity contribution in [3.8, 4) is 0 Å². The van der Waals surface area contributed by atoms with Gasteiger partial charge in [0.1, 0.15) is 0 Å². The monoisotopic (exact) mass is 301 g/mol. The summed E-state index contributed by atoms with van der Waals surface area (Å²) in [6.07, 6.45) is 3.86. The van der Waals surface area contributed by atoms with Gasteiger partial charge in [0.25, 0.3) is 0 Å². The Morgan fingerprint density at radius 3 is 2.57 bits per heavy atom. The topological polar surface area (TPSA) is 68.0 Å². The Labute approximate surface area is 129 Å². The molecule has 2 aromatic rings. The van der Waals surface area contributed by atoms with Crippen molar-refractivity contribution in [3.63, 3.8) is 0 Å². The highest BCUT2D eigenvalue weighted by molar-refractivity contribution is 7.98. The average molecular weight is 301 g/mol. The molecule has 4 nitrogen and oxygen atoms in total. The van der Waals surface area contributed by atoms with Crippen LogP contribution in [0.2, 0.25) is 0 Å². The van der Waals surface area contributed by atoms with Crippen LogP contribution in [-0.4, -0.2) is 17.1 Å². The molecule has 110 valence electrons. The minimum Gasteiger partial charge on any atom is -0.397 e. The third kappa shape index (κ3) is 4.49. The fourth-order valence-corrected chi connectivity index (χ4v) is 2.38. The molecule has 1 aromatic heterocycles. The molecular formula is C16H19N3OS. The van der Waals surface area contributed by atoms with Gasteiger partial charge in [0.05, 0.1) is 24.3 Å². The number of carbonyl (C=O) groups excluding carboxylic acids is 1. The van der Waals surface area contributed by atoms with Gasteiger partial charge in [0, 0.05) is 10.6 Å². The Morgan fingerprint density at radius 1 is 1.29 bits per heavy atom. The van der Waals surface area contributed by atoms with Gasteiger partial charge in [0.2, 0.25) is 5.91 Å². The molecule has 1 aromatic carbocycles. The lowest BCUT2D eigenvalue weighted by Gasteiger charge is -2.14. The summed E-state index contributed by atoms with van der Waals surface area (Å²) in [6, 6.07) is 11.7. The number of benzene rings is 1. The number of carbonyl (C=O) groups is 1. The van der Waals surface area contributed by atoms with E-state index < -0.39 is 0 Å². The molecule has 1 amide bonds. The Kier molecular flexibility index (Phi) is 5.22. The number of hydrogen-bond donors (Lipinski definition) is 2. The molecular weight excluding hydrogens is 282 g/mol. The molecule has 0 aliphatic heterocycles. The van der Waals surface area contributed by atoms with E-state index in [4.69, 9.17) is 5.73 Å². The van der Waals surface area contributed by atoms with Crippen molar-refractivity contribution >= 4 is 23.4 Å². The van der Waals surface area contributed by atoms with Crippen LogP contribution in [0.5, 0.6) is 0 Å². The molecule has 2 rings (SSSR count). The van der Waals surface area contributed by atoms with Gasteiger partial charge in [-0.05, 0) is 43.0 Å². The maximum Gasteiger partial charge on any atom is 0.226 e. The van der Waals surface area contributed by atoms with Crippen molar-refractivity contribution in [3.05, 3.63) is 53.9 Å². The molecule has 0 saturated carbocycles. The van der Waals surface area contributed by atoms with Gasteiger partial charge in [-0.15, -0.1) is 11.8 Å². The molecule has 0 aliphatic carbocycles. The first kappa shape index (κ1) is 15.4. The summed E-state index contributed by atoms with van der Waals surface area (Å²) < 4.78 is 0. The van der Waals surface area contributed by atoms with Crippen molar-refractivity contribution in [1.82, 2.24) is 10.3 Å². The molecule has 0 spiro atoms. The van der Waals surface area contributed by atoms with E-state index in [0.29, 0.717) is 11.4 Å². The van der Waals surface area contributed by atoms with Crippen LogP contribution in [0.4, 0.5) is 5.69 Å². The fourth-order valence-electron chi connectivity index (χ4n) is 1.97. The molecule has 0 fully saturated rings. The van der Waals surface area contributed by atoms with Gasteiger partial charge in [-0.25, -0.2) is 0 Å². The summed E-state index contributed by atoms with van der Waals surface area (Å²) >= 11 is 1.70. The predicted molar refractivity (Wildman–Crippen MR) is 87.1 cm³/mol. The normalized spacial score (nSPS) is 11.9. The van der Waals surface area contributed by atoms with Crippen LogP contribution in [0.1, 0.15) is 24.2 Å². The van der Waals surface area contributed by atoms with Gasteiger partial charge in [-0.2, -0.15) is 0 Å². The number of aromatic nitrogens is 1. The molecule has 0 saturated heterocycles. The first-order valence-corrected chi connectivity index (χ1v) is 7.94. The Hall–Kier alpha value is -2.01.